The van der Waals surface area contributed by atoms with Gasteiger partial charge in [0, 0.05) is 10.8 Å². The number of esters is 2. The van der Waals surface area contributed by atoms with Crippen LogP contribution in [0.25, 0.3) is 0 Å². The molecule has 2 aliphatic carbocycles. The van der Waals surface area contributed by atoms with Crippen LogP contribution < -0.4 is 0 Å². The predicted octanol–water partition coefficient (Wildman–Crippen LogP) is 6.72. The van der Waals surface area contributed by atoms with E-state index < -0.39 is 11.8 Å². The van der Waals surface area contributed by atoms with Gasteiger partial charge >= 0.3 is 11.9 Å². The van der Waals surface area contributed by atoms with E-state index in [2.05, 4.69) is 69.2 Å². The van der Waals surface area contributed by atoms with Crippen LogP contribution >= 0.6 is 0 Å². The summed E-state index contributed by atoms with van der Waals surface area (Å²) in [6.07, 6.45) is 4.40. The third-order valence-electron chi connectivity index (χ3n) is 7.49. The third kappa shape index (κ3) is 4.59. The molecule has 31 heavy (non-hydrogen) atoms. The fourth-order valence-corrected chi connectivity index (χ4v) is 6.34. The highest BCUT2D eigenvalue weighted by atomic mass is 16.5. The van der Waals surface area contributed by atoms with Gasteiger partial charge in [-0.25, -0.2) is 0 Å². The van der Waals surface area contributed by atoms with E-state index in [4.69, 9.17) is 9.47 Å². The second kappa shape index (κ2) is 8.90. The topological polar surface area (TPSA) is 52.6 Å². The van der Waals surface area contributed by atoms with Crippen LogP contribution in [-0.2, 0) is 19.1 Å². The van der Waals surface area contributed by atoms with E-state index in [0.717, 1.165) is 32.1 Å². The molecule has 4 heteroatoms. The van der Waals surface area contributed by atoms with Gasteiger partial charge in [0.25, 0.3) is 0 Å². The Morgan fingerprint density at radius 3 is 1.29 bits per heavy atom. The first kappa shape index (κ1) is 25.9. The highest BCUT2D eigenvalue weighted by Crippen LogP contribution is 2.73. The van der Waals surface area contributed by atoms with Crippen LogP contribution in [0.1, 0.15) is 101 Å². The molecule has 0 heterocycles. The van der Waals surface area contributed by atoms with E-state index >= 15 is 0 Å². The van der Waals surface area contributed by atoms with E-state index in [-0.39, 0.29) is 33.6 Å². The van der Waals surface area contributed by atoms with Crippen molar-refractivity contribution >= 4 is 11.9 Å². The van der Waals surface area contributed by atoms with Gasteiger partial charge in [-0.15, -0.1) is 0 Å². The van der Waals surface area contributed by atoms with Crippen molar-refractivity contribution < 1.29 is 19.1 Å². The maximum atomic E-state index is 13.6. The molecule has 0 N–H and O–H groups in total. The number of carbonyl (C=O) groups excluding carboxylic acids is 2. The van der Waals surface area contributed by atoms with Crippen molar-refractivity contribution in [2.45, 2.75) is 101 Å². The van der Waals surface area contributed by atoms with E-state index in [1.54, 1.807) is 0 Å². The average Bonchev–Trinajstić information content (AvgIpc) is 3.15. The fraction of sp³-hybridized carbons (Fsp3) is 0.852. The van der Waals surface area contributed by atoms with Crippen molar-refractivity contribution in [3.63, 3.8) is 0 Å². The zero-order chi connectivity index (χ0) is 23.8. The number of fused-ring (bicyclic) bond motifs is 2. The lowest BCUT2D eigenvalue weighted by Crippen LogP contribution is -2.46. The molecular formula is C27H46O4. The molecule has 1 fully saturated rings. The summed E-state index contributed by atoms with van der Waals surface area (Å²) in [4.78, 5) is 27.2. The molecule has 4 atom stereocenters. The first-order chi connectivity index (χ1) is 14.2. The minimum atomic E-state index is -0.461. The minimum absolute atomic E-state index is 0.116. The maximum Gasteiger partial charge on any atom is 0.310 e. The summed E-state index contributed by atoms with van der Waals surface area (Å²) in [5.74, 6) is -1.35. The number of hydrogen-bond acceptors (Lipinski definition) is 4. The van der Waals surface area contributed by atoms with Crippen LogP contribution in [0.5, 0.6) is 0 Å². The molecule has 2 aliphatic rings. The van der Waals surface area contributed by atoms with Crippen LogP contribution in [0.3, 0.4) is 0 Å². The van der Waals surface area contributed by atoms with Crippen molar-refractivity contribution in [3.05, 3.63) is 11.1 Å². The first-order valence-corrected chi connectivity index (χ1v) is 12.3. The third-order valence-corrected chi connectivity index (χ3v) is 7.49. The molecule has 0 aliphatic heterocycles. The molecule has 4 nitrogen and oxygen atoms in total. The lowest BCUT2D eigenvalue weighted by atomic mass is 9.61. The van der Waals surface area contributed by atoms with Gasteiger partial charge < -0.3 is 9.47 Å². The number of allylic oxidation sites excluding steroid dienone is 2. The summed E-state index contributed by atoms with van der Waals surface area (Å²) in [6, 6.07) is 0. The summed E-state index contributed by atoms with van der Waals surface area (Å²) in [6.45, 7) is 21.8. The van der Waals surface area contributed by atoms with Gasteiger partial charge in [0.05, 0.1) is 25.0 Å². The van der Waals surface area contributed by atoms with Gasteiger partial charge in [-0.1, -0.05) is 80.4 Å². The number of ether oxygens (including phenoxy) is 2. The van der Waals surface area contributed by atoms with Gasteiger partial charge in [0.1, 0.15) is 0 Å². The molecule has 0 radical (unpaired) electrons. The zero-order valence-corrected chi connectivity index (χ0v) is 21.7. The Morgan fingerprint density at radius 2 is 1.06 bits per heavy atom. The van der Waals surface area contributed by atoms with Gasteiger partial charge in [0.2, 0.25) is 0 Å². The quantitative estimate of drug-likeness (QED) is 0.314. The monoisotopic (exact) mass is 434 g/mol. The Bertz CT molecular complexity index is 660. The number of hydrogen-bond donors (Lipinski definition) is 0. The van der Waals surface area contributed by atoms with Crippen molar-refractivity contribution in [3.8, 4) is 0 Å². The smallest absolute Gasteiger partial charge is 0.310 e. The molecule has 0 saturated heterocycles. The Balaban J connectivity index is 2.58. The minimum Gasteiger partial charge on any atom is -0.465 e. The molecular weight excluding hydrogens is 388 g/mol. The summed E-state index contributed by atoms with van der Waals surface area (Å²) in [7, 11) is 0. The van der Waals surface area contributed by atoms with Crippen LogP contribution in [0.4, 0.5) is 0 Å². The highest BCUT2D eigenvalue weighted by molar-refractivity contribution is 5.87. The van der Waals surface area contributed by atoms with Crippen molar-refractivity contribution in [2.24, 2.45) is 33.5 Å². The van der Waals surface area contributed by atoms with Gasteiger partial charge in [-0.05, 0) is 42.9 Å². The standard InChI is InChI=1S/C27H46O4/c1-11-18-19(12-2)27(14-4)15-26(18,13-3)20(22(28)30-16-24(5,6)7)21(27)23(29)31-17-25(8,9)10/h20-21H,11-17H2,1-10H3. The van der Waals surface area contributed by atoms with Gasteiger partial charge in [-0.2, -0.15) is 0 Å². The van der Waals surface area contributed by atoms with Crippen LogP contribution in [0.2, 0.25) is 0 Å². The van der Waals surface area contributed by atoms with E-state index in [0.29, 0.717) is 13.2 Å². The normalized spacial score (nSPS) is 30.6. The lowest BCUT2D eigenvalue weighted by molar-refractivity contribution is -0.168. The summed E-state index contributed by atoms with van der Waals surface area (Å²) >= 11 is 0. The average molecular weight is 435 g/mol. The summed E-state index contributed by atoms with van der Waals surface area (Å²) < 4.78 is 11.8. The molecule has 0 aromatic rings. The Labute approximate surface area is 190 Å². The SMILES string of the molecule is CCC1=C(CC)C2(CC)CC1(CC)C(C(=O)OCC(C)(C)C)C2C(=O)OCC(C)(C)C. The number of rotatable bonds is 8. The number of carbonyl (C=O) groups is 2. The molecule has 0 amide bonds. The van der Waals surface area contributed by atoms with E-state index in [9.17, 15) is 9.59 Å². The second-order valence-electron chi connectivity index (χ2n) is 12.2. The molecule has 2 rings (SSSR count). The maximum absolute atomic E-state index is 13.6. The molecule has 4 unspecified atom stereocenters. The predicted molar refractivity (Wildman–Crippen MR) is 125 cm³/mol. The molecule has 1 saturated carbocycles. The molecule has 0 aromatic carbocycles. The molecule has 2 bridgehead atoms. The highest BCUT2D eigenvalue weighted by Gasteiger charge is 2.71. The van der Waals surface area contributed by atoms with E-state index in [1.807, 2.05) is 0 Å². The van der Waals surface area contributed by atoms with Gasteiger partial charge in [0.15, 0.2) is 0 Å². The Hall–Kier alpha value is -1.32. The Morgan fingerprint density at radius 1 is 0.742 bits per heavy atom. The molecule has 0 spiro atoms. The van der Waals surface area contributed by atoms with Gasteiger partial charge in [-0.3, -0.25) is 9.59 Å². The van der Waals surface area contributed by atoms with Crippen LogP contribution in [-0.4, -0.2) is 25.2 Å². The van der Waals surface area contributed by atoms with Crippen molar-refractivity contribution in [1.29, 1.82) is 0 Å². The molecule has 0 aromatic heterocycles. The summed E-state index contributed by atoms with van der Waals surface area (Å²) in [5.41, 5.74) is 1.98. The largest absolute Gasteiger partial charge is 0.465 e. The van der Waals surface area contributed by atoms with E-state index in [1.165, 1.54) is 11.1 Å². The van der Waals surface area contributed by atoms with Crippen molar-refractivity contribution in [1.82, 2.24) is 0 Å². The zero-order valence-electron chi connectivity index (χ0n) is 21.7. The van der Waals surface area contributed by atoms with Crippen LogP contribution in [0, 0.1) is 33.5 Å². The fourth-order valence-electron chi connectivity index (χ4n) is 6.34. The first-order valence-electron chi connectivity index (χ1n) is 12.3. The Kier molecular flexibility index (Phi) is 7.45. The van der Waals surface area contributed by atoms with Crippen LogP contribution in [0.15, 0.2) is 11.1 Å². The summed E-state index contributed by atoms with van der Waals surface area (Å²) in [5, 5.41) is 0. The molecule has 178 valence electrons. The second-order valence-corrected chi connectivity index (χ2v) is 12.2. The van der Waals surface area contributed by atoms with Crippen molar-refractivity contribution in [2.75, 3.05) is 13.2 Å². The lowest BCUT2D eigenvalue weighted by Gasteiger charge is -2.43.